The maximum atomic E-state index is 9.75. The lowest BCUT2D eigenvalue weighted by Gasteiger charge is -2.08. The van der Waals surface area contributed by atoms with Gasteiger partial charge in [-0.15, -0.1) is 0 Å². The Morgan fingerprint density at radius 1 is 1.05 bits per heavy atom. The van der Waals surface area contributed by atoms with Crippen LogP contribution in [0.4, 0.5) is 0 Å². The van der Waals surface area contributed by atoms with Crippen molar-refractivity contribution in [3.63, 3.8) is 0 Å². The summed E-state index contributed by atoms with van der Waals surface area (Å²) in [6.07, 6.45) is 1.82. The Hall–Kier alpha value is -3.12. The highest BCUT2D eigenvalue weighted by atomic mass is 16.3. The lowest BCUT2D eigenvalue weighted by molar-refractivity contribution is 0.418. The van der Waals surface area contributed by atoms with Gasteiger partial charge in [0.15, 0.2) is 0 Å². The van der Waals surface area contributed by atoms with E-state index in [1.807, 2.05) is 60.8 Å². The highest BCUT2D eigenvalue weighted by Crippen LogP contribution is 2.29. The molecule has 2 aromatic carbocycles. The van der Waals surface area contributed by atoms with Gasteiger partial charge in [-0.3, -0.25) is 4.98 Å². The minimum atomic E-state index is 0.0140. The molecule has 0 saturated heterocycles. The molecule has 0 bridgehead atoms. The summed E-state index contributed by atoms with van der Waals surface area (Å²) < 4.78 is 0. The molecule has 0 aliphatic heterocycles. The second kappa shape index (κ2) is 5.71. The van der Waals surface area contributed by atoms with Gasteiger partial charge in [0.25, 0.3) is 0 Å². The van der Waals surface area contributed by atoms with Crippen LogP contribution in [0.2, 0.25) is 0 Å². The molecule has 1 N–H and O–H groups in total. The predicted molar refractivity (Wildman–Crippen MR) is 88.0 cm³/mol. The van der Waals surface area contributed by atoms with Crippen molar-refractivity contribution in [2.24, 2.45) is 0 Å². The number of aliphatic hydroxyl groups excluding tert-OH is 1. The van der Waals surface area contributed by atoms with Gasteiger partial charge in [-0.05, 0) is 24.6 Å². The Bertz CT molecular complexity index is 902. The number of pyridine rings is 1. The molecule has 22 heavy (non-hydrogen) atoms. The smallest absolute Gasteiger partial charge is 0.108 e. The number of nitriles is 1. The van der Waals surface area contributed by atoms with Gasteiger partial charge in [0, 0.05) is 22.7 Å². The van der Waals surface area contributed by atoms with Gasteiger partial charge >= 0.3 is 0 Å². The molecule has 0 saturated carbocycles. The van der Waals surface area contributed by atoms with E-state index in [0.29, 0.717) is 5.56 Å². The van der Waals surface area contributed by atoms with Crippen molar-refractivity contribution < 1.29 is 5.11 Å². The minimum Gasteiger partial charge on any atom is -0.511 e. The molecule has 0 aliphatic rings. The summed E-state index contributed by atoms with van der Waals surface area (Å²) in [6, 6.07) is 19.6. The van der Waals surface area contributed by atoms with E-state index < -0.39 is 0 Å². The van der Waals surface area contributed by atoms with E-state index in [1.165, 1.54) is 6.92 Å². The first-order valence-electron chi connectivity index (χ1n) is 6.95. The third kappa shape index (κ3) is 2.43. The summed E-state index contributed by atoms with van der Waals surface area (Å²) in [5.74, 6) is 0.0140. The monoisotopic (exact) mass is 286 g/mol. The Balaban J connectivity index is 2.28. The predicted octanol–water partition coefficient (Wildman–Crippen LogP) is 4.71. The van der Waals surface area contributed by atoms with Crippen LogP contribution in [-0.4, -0.2) is 10.1 Å². The Morgan fingerprint density at radius 3 is 2.50 bits per heavy atom. The van der Waals surface area contributed by atoms with Crippen LogP contribution in [0.1, 0.15) is 12.5 Å². The quantitative estimate of drug-likeness (QED) is 0.548. The van der Waals surface area contributed by atoms with Crippen molar-refractivity contribution in [2.75, 3.05) is 0 Å². The summed E-state index contributed by atoms with van der Waals surface area (Å²) in [5, 5.41) is 19.9. The molecular weight excluding hydrogens is 272 g/mol. The van der Waals surface area contributed by atoms with Crippen molar-refractivity contribution in [1.82, 2.24) is 4.98 Å². The first-order chi connectivity index (χ1) is 10.7. The Labute approximate surface area is 128 Å². The highest BCUT2D eigenvalue weighted by molar-refractivity contribution is 5.97. The van der Waals surface area contributed by atoms with Gasteiger partial charge in [-0.25, -0.2) is 0 Å². The summed E-state index contributed by atoms with van der Waals surface area (Å²) >= 11 is 0. The molecule has 0 aliphatic carbocycles. The van der Waals surface area contributed by atoms with Crippen molar-refractivity contribution in [2.45, 2.75) is 6.92 Å². The summed E-state index contributed by atoms with van der Waals surface area (Å²) in [6.45, 7) is 1.52. The van der Waals surface area contributed by atoms with Crippen molar-refractivity contribution >= 4 is 16.5 Å². The van der Waals surface area contributed by atoms with Gasteiger partial charge in [-0.1, -0.05) is 42.5 Å². The van der Waals surface area contributed by atoms with E-state index in [9.17, 15) is 10.4 Å². The SMILES string of the molecule is CC(O)=C(C#N)c1cccc2ncc(-c3ccccc3)cc12. The fraction of sp³-hybridized carbons (Fsp3) is 0.0526. The van der Waals surface area contributed by atoms with Crippen LogP contribution in [-0.2, 0) is 0 Å². The average molecular weight is 286 g/mol. The van der Waals surface area contributed by atoms with Crippen LogP contribution in [0.3, 0.4) is 0 Å². The zero-order chi connectivity index (χ0) is 15.5. The maximum Gasteiger partial charge on any atom is 0.108 e. The largest absolute Gasteiger partial charge is 0.511 e. The molecule has 0 fully saturated rings. The molecule has 0 amide bonds. The zero-order valence-corrected chi connectivity index (χ0v) is 12.1. The summed E-state index contributed by atoms with van der Waals surface area (Å²) in [5.41, 5.74) is 3.82. The van der Waals surface area contributed by atoms with Gasteiger partial charge in [0.05, 0.1) is 11.1 Å². The molecule has 1 heterocycles. The van der Waals surface area contributed by atoms with E-state index in [-0.39, 0.29) is 11.3 Å². The number of fused-ring (bicyclic) bond motifs is 1. The molecule has 106 valence electrons. The van der Waals surface area contributed by atoms with E-state index in [2.05, 4.69) is 11.1 Å². The maximum absolute atomic E-state index is 9.75. The van der Waals surface area contributed by atoms with Crippen LogP contribution >= 0.6 is 0 Å². The van der Waals surface area contributed by atoms with Crippen LogP contribution in [0.5, 0.6) is 0 Å². The number of aromatic nitrogens is 1. The van der Waals surface area contributed by atoms with Crippen LogP contribution in [0.25, 0.3) is 27.6 Å². The number of hydrogen-bond acceptors (Lipinski definition) is 3. The third-order valence-electron chi connectivity index (χ3n) is 3.58. The van der Waals surface area contributed by atoms with E-state index in [1.54, 1.807) is 0 Å². The molecular formula is C19H14N2O. The molecule has 0 atom stereocenters. The topological polar surface area (TPSA) is 56.9 Å². The number of rotatable bonds is 2. The third-order valence-corrected chi connectivity index (χ3v) is 3.58. The number of aliphatic hydroxyl groups is 1. The molecule has 3 rings (SSSR count). The fourth-order valence-corrected chi connectivity index (χ4v) is 2.49. The Morgan fingerprint density at radius 2 is 1.82 bits per heavy atom. The number of nitrogens with zero attached hydrogens (tertiary/aromatic N) is 2. The lowest BCUT2D eigenvalue weighted by atomic mass is 9.98. The minimum absolute atomic E-state index is 0.0140. The second-order valence-corrected chi connectivity index (χ2v) is 5.03. The van der Waals surface area contributed by atoms with E-state index >= 15 is 0 Å². The van der Waals surface area contributed by atoms with E-state index in [0.717, 1.165) is 22.0 Å². The lowest BCUT2D eigenvalue weighted by Crippen LogP contribution is -1.91. The van der Waals surface area contributed by atoms with Gasteiger partial charge in [0.2, 0.25) is 0 Å². The number of allylic oxidation sites excluding steroid dienone is 2. The average Bonchev–Trinajstić information content (AvgIpc) is 2.56. The molecule has 0 unspecified atom stereocenters. The van der Waals surface area contributed by atoms with Crippen molar-refractivity contribution in [3.05, 3.63) is 72.1 Å². The second-order valence-electron chi connectivity index (χ2n) is 5.03. The molecule has 3 heteroatoms. The van der Waals surface area contributed by atoms with Crippen molar-refractivity contribution in [1.29, 1.82) is 5.26 Å². The molecule has 0 spiro atoms. The molecule has 3 nitrogen and oxygen atoms in total. The van der Waals surface area contributed by atoms with Gasteiger partial charge < -0.3 is 5.11 Å². The number of benzene rings is 2. The molecule has 0 radical (unpaired) electrons. The van der Waals surface area contributed by atoms with Crippen LogP contribution in [0.15, 0.2) is 66.6 Å². The first-order valence-corrected chi connectivity index (χ1v) is 6.95. The highest BCUT2D eigenvalue weighted by Gasteiger charge is 2.11. The van der Waals surface area contributed by atoms with Crippen LogP contribution < -0.4 is 0 Å². The molecule has 1 aromatic heterocycles. The zero-order valence-electron chi connectivity index (χ0n) is 12.1. The first kappa shape index (κ1) is 13.8. The van der Waals surface area contributed by atoms with E-state index in [4.69, 9.17) is 0 Å². The standard InChI is InChI=1S/C19H14N2O/c1-13(22)18(11-20)16-8-5-9-19-17(16)10-15(12-21-19)14-6-3-2-4-7-14/h2-10,12,22H,1H3. The Kier molecular flexibility index (Phi) is 3.59. The fourth-order valence-electron chi connectivity index (χ4n) is 2.49. The van der Waals surface area contributed by atoms with Gasteiger partial charge in [0.1, 0.15) is 11.8 Å². The normalized spacial score (nSPS) is 11.8. The number of hydrogen-bond donors (Lipinski definition) is 1. The van der Waals surface area contributed by atoms with Gasteiger partial charge in [-0.2, -0.15) is 5.26 Å². The summed E-state index contributed by atoms with van der Waals surface area (Å²) in [4.78, 5) is 4.48. The van der Waals surface area contributed by atoms with Crippen molar-refractivity contribution in [3.8, 4) is 17.2 Å². The summed E-state index contributed by atoms with van der Waals surface area (Å²) in [7, 11) is 0. The molecule has 3 aromatic rings. The van der Waals surface area contributed by atoms with Crippen LogP contribution in [0, 0.1) is 11.3 Å².